The van der Waals surface area contributed by atoms with Gasteiger partial charge >= 0.3 is 5.97 Å². The molecule has 96 valence electrons. The van der Waals surface area contributed by atoms with E-state index >= 15 is 0 Å². The van der Waals surface area contributed by atoms with Crippen molar-refractivity contribution in [2.45, 2.75) is 45.3 Å². The van der Waals surface area contributed by atoms with Crippen molar-refractivity contribution in [1.82, 2.24) is 5.32 Å². The second kappa shape index (κ2) is 7.60. The summed E-state index contributed by atoms with van der Waals surface area (Å²) in [6, 6.07) is 0. The molecule has 0 aliphatic rings. The van der Waals surface area contributed by atoms with Crippen LogP contribution in [0.1, 0.15) is 33.6 Å². The van der Waals surface area contributed by atoms with Gasteiger partial charge in [0.05, 0.1) is 6.10 Å². The summed E-state index contributed by atoms with van der Waals surface area (Å²) in [6.45, 7) is 6.72. The number of carboxylic acid groups (broad SMARTS) is 1. The molecule has 16 heavy (non-hydrogen) atoms. The van der Waals surface area contributed by atoms with Crippen LogP contribution in [0.2, 0.25) is 0 Å². The summed E-state index contributed by atoms with van der Waals surface area (Å²) in [6.07, 6.45) is 2.09. The Hall–Kier alpha value is -0.650. The lowest BCUT2D eigenvalue weighted by Gasteiger charge is -2.18. The number of ether oxygens (including phenoxy) is 1. The van der Waals surface area contributed by atoms with E-state index < -0.39 is 11.6 Å². The first-order valence-electron chi connectivity index (χ1n) is 5.64. The van der Waals surface area contributed by atoms with Crippen LogP contribution < -0.4 is 5.32 Å². The zero-order valence-corrected chi connectivity index (χ0v) is 10.3. The summed E-state index contributed by atoms with van der Waals surface area (Å²) in [7, 11) is 0. The van der Waals surface area contributed by atoms with Gasteiger partial charge in [-0.15, -0.1) is 0 Å². The van der Waals surface area contributed by atoms with Gasteiger partial charge in [0, 0.05) is 13.2 Å². The molecule has 0 saturated heterocycles. The highest BCUT2D eigenvalue weighted by Crippen LogP contribution is 2.01. The van der Waals surface area contributed by atoms with E-state index in [4.69, 9.17) is 9.84 Å². The molecule has 0 amide bonds. The number of aliphatic carboxylic acids is 1. The summed E-state index contributed by atoms with van der Waals surface area (Å²) >= 11 is 0. The standard InChI is InChI=1S/C11H23NO4/c1-9(2)16-7-5-4-6-12-8-11(3,15)10(13)14/h9,12,15H,4-8H2,1-3H3,(H,13,14). The van der Waals surface area contributed by atoms with Gasteiger partial charge in [-0.3, -0.25) is 0 Å². The number of unbranched alkanes of at least 4 members (excludes halogenated alkanes) is 1. The normalized spacial score (nSPS) is 15.1. The molecule has 0 aliphatic carbocycles. The average Bonchev–Trinajstić information content (AvgIpc) is 2.15. The van der Waals surface area contributed by atoms with E-state index in [1.807, 2.05) is 13.8 Å². The first-order chi connectivity index (χ1) is 7.36. The maximum atomic E-state index is 10.6. The van der Waals surface area contributed by atoms with Crippen molar-refractivity contribution in [1.29, 1.82) is 0 Å². The number of carbonyl (C=O) groups is 1. The first kappa shape index (κ1) is 15.3. The van der Waals surface area contributed by atoms with Gasteiger partial charge in [-0.25, -0.2) is 4.79 Å². The lowest BCUT2D eigenvalue weighted by atomic mass is 10.1. The van der Waals surface area contributed by atoms with Crippen LogP contribution in [-0.2, 0) is 9.53 Å². The molecule has 0 radical (unpaired) electrons. The van der Waals surface area contributed by atoms with Crippen LogP contribution in [0, 0.1) is 0 Å². The van der Waals surface area contributed by atoms with Crippen molar-refractivity contribution in [3.8, 4) is 0 Å². The average molecular weight is 233 g/mol. The van der Waals surface area contributed by atoms with Crippen LogP contribution in [0.3, 0.4) is 0 Å². The molecule has 0 fully saturated rings. The maximum Gasteiger partial charge on any atom is 0.336 e. The molecule has 0 aromatic heterocycles. The highest BCUT2D eigenvalue weighted by atomic mass is 16.5. The summed E-state index contributed by atoms with van der Waals surface area (Å²) in [5, 5.41) is 20.9. The third kappa shape index (κ3) is 7.62. The van der Waals surface area contributed by atoms with E-state index in [1.165, 1.54) is 6.92 Å². The van der Waals surface area contributed by atoms with E-state index in [0.717, 1.165) is 12.8 Å². The van der Waals surface area contributed by atoms with Crippen LogP contribution in [0.15, 0.2) is 0 Å². The fourth-order valence-corrected chi connectivity index (χ4v) is 1.08. The zero-order chi connectivity index (χ0) is 12.6. The fourth-order valence-electron chi connectivity index (χ4n) is 1.08. The summed E-state index contributed by atoms with van der Waals surface area (Å²) in [5.74, 6) is -1.21. The summed E-state index contributed by atoms with van der Waals surface area (Å²) < 4.78 is 5.36. The lowest BCUT2D eigenvalue weighted by molar-refractivity contribution is -0.156. The molecule has 1 unspecified atom stereocenters. The number of carboxylic acids is 1. The van der Waals surface area contributed by atoms with Crippen LogP contribution in [-0.4, -0.2) is 47.6 Å². The van der Waals surface area contributed by atoms with E-state index in [1.54, 1.807) is 0 Å². The minimum atomic E-state index is -1.69. The molecule has 0 rings (SSSR count). The molecule has 3 N–H and O–H groups in total. The van der Waals surface area contributed by atoms with Gasteiger partial charge in [0.25, 0.3) is 0 Å². The van der Waals surface area contributed by atoms with Crippen LogP contribution in [0.25, 0.3) is 0 Å². The minimum absolute atomic E-state index is 0.0629. The summed E-state index contributed by atoms with van der Waals surface area (Å²) in [5.41, 5.74) is -1.69. The van der Waals surface area contributed by atoms with Crippen molar-refractivity contribution in [3.63, 3.8) is 0 Å². The Kier molecular flexibility index (Phi) is 7.29. The third-order valence-electron chi connectivity index (χ3n) is 2.13. The van der Waals surface area contributed by atoms with Gasteiger partial charge in [-0.2, -0.15) is 0 Å². The van der Waals surface area contributed by atoms with E-state index in [0.29, 0.717) is 13.2 Å². The Morgan fingerprint density at radius 2 is 2.06 bits per heavy atom. The molecule has 0 heterocycles. The van der Waals surface area contributed by atoms with Crippen molar-refractivity contribution in [2.24, 2.45) is 0 Å². The van der Waals surface area contributed by atoms with Gasteiger partial charge < -0.3 is 20.3 Å². The molecule has 0 bridgehead atoms. The van der Waals surface area contributed by atoms with E-state index in [-0.39, 0.29) is 12.6 Å². The van der Waals surface area contributed by atoms with Crippen molar-refractivity contribution in [3.05, 3.63) is 0 Å². The highest BCUT2D eigenvalue weighted by Gasteiger charge is 2.28. The molecule has 0 saturated carbocycles. The first-order valence-corrected chi connectivity index (χ1v) is 5.64. The fraction of sp³-hybridized carbons (Fsp3) is 0.909. The van der Waals surface area contributed by atoms with Crippen LogP contribution in [0.5, 0.6) is 0 Å². The molecule has 5 nitrogen and oxygen atoms in total. The van der Waals surface area contributed by atoms with Crippen molar-refractivity contribution >= 4 is 5.97 Å². The Labute approximate surface area is 96.8 Å². The molecule has 0 spiro atoms. The van der Waals surface area contributed by atoms with Gasteiger partial charge in [-0.05, 0) is 40.2 Å². The van der Waals surface area contributed by atoms with Crippen LogP contribution in [0.4, 0.5) is 0 Å². The topological polar surface area (TPSA) is 78.8 Å². The molecule has 5 heteroatoms. The monoisotopic (exact) mass is 233 g/mol. The van der Waals surface area contributed by atoms with Crippen molar-refractivity contribution < 1.29 is 19.7 Å². The van der Waals surface area contributed by atoms with Gasteiger partial charge in [0.15, 0.2) is 5.60 Å². The quantitative estimate of drug-likeness (QED) is 0.509. The highest BCUT2D eigenvalue weighted by molar-refractivity contribution is 5.76. The second-order valence-corrected chi connectivity index (χ2v) is 4.38. The smallest absolute Gasteiger partial charge is 0.336 e. The third-order valence-corrected chi connectivity index (χ3v) is 2.13. The SMILES string of the molecule is CC(C)OCCCCNCC(C)(O)C(=O)O. The molecule has 1 atom stereocenters. The van der Waals surface area contributed by atoms with E-state index in [2.05, 4.69) is 5.32 Å². The molecular formula is C11H23NO4. The van der Waals surface area contributed by atoms with Crippen molar-refractivity contribution in [2.75, 3.05) is 19.7 Å². The van der Waals surface area contributed by atoms with E-state index in [9.17, 15) is 9.90 Å². The largest absolute Gasteiger partial charge is 0.479 e. The van der Waals surface area contributed by atoms with Gasteiger partial charge in [0.2, 0.25) is 0 Å². The van der Waals surface area contributed by atoms with Gasteiger partial charge in [0.1, 0.15) is 0 Å². The lowest BCUT2D eigenvalue weighted by Crippen LogP contribution is -2.45. The second-order valence-electron chi connectivity index (χ2n) is 4.38. The predicted molar refractivity (Wildman–Crippen MR) is 61.5 cm³/mol. The van der Waals surface area contributed by atoms with Crippen LogP contribution >= 0.6 is 0 Å². The minimum Gasteiger partial charge on any atom is -0.479 e. The maximum absolute atomic E-state index is 10.6. The number of nitrogens with one attached hydrogen (secondary N) is 1. The molecular weight excluding hydrogens is 210 g/mol. The number of hydrogen-bond acceptors (Lipinski definition) is 4. The van der Waals surface area contributed by atoms with Gasteiger partial charge in [-0.1, -0.05) is 0 Å². The summed E-state index contributed by atoms with van der Waals surface area (Å²) in [4.78, 5) is 10.6. The Morgan fingerprint density at radius 3 is 2.56 bits per heavy atom. The number of aliphatic hydroxyl groups is 1. The Bertz CT molecular complexity index is 204. The zero-order valence-electron chi connectivity index (χ0n) is 10.3. The Morgan fingerprint density at radius 1 is 1.44 bits per heavy atom. The molecule has 0 aromatic rings. The molecule has 0 aliphatic heterocycles. The predicted octanol–water partition coefficient (Wildman–Crippen LogP) is 0.617. The number of hydrogen-bond donors (Lipinski definition) is 3. The molecule has 0 aromatic carbocycles. The Balaban J connectivity index is 3.37. The number of rotatable bonds is 9.